The van der Waals surface area contributed by atoms with E-state index in [1.165, 1.54) is 19.3 Å². The van der Waals surface area contributed by atoms with Gasteiger partial charge in [-0.15, -0.1) is 0 Å². The summed E-state index contributed by atoms with van der Waals surface area (Å²) in [4.78, 5) is 0. The maximum Gasteiger partial charge on any atom is 0.0446 e. The van der Waals surface area contributed by atoms with Crippen LogP contribution in [0.5, 0.6) is 0 Å². The monoisotopic (exact) mass is 158 g/mol. The van der Waals surface area contributed by atoms with Crippen LogP contribution < -0.4 is 11.1 Å². The summed E-state index contributed by atoms with van der Waals surface area (Å²) in [5.74, 6) is 0. The van der Waals surface area contributed by atoms with Crippen LogP contribution in [0.3, 0.4) is 0 Å². The first-order chi connectivity index (χ1) is 5.34. The topological polar surface area (TPSA) is 58.3 Å². The van der Waals surface area contributed by atoms with Crippen LogP contribution in [0.25, 0.3) is 0 Å². The highest BCUT2D eigenvalue weighted by Gasteiger charge is 2.18. The van der Waals surface area contributed by atoms with Gasteiger partial charge in [0.25, 0.3) is 0 Å². The number of rotatable bonds is 3. The van der Waals surface area contributed by atoms with Crippen molar-refractivity contribution in [3.8, 4) is 0 Å². The van der Waals surface area contributed by atoms with E-state index in [0.29, 0.717) is 6.04 Å². The van der Waals surface area contributed by atoms with Gasteiger partial charge < -0.3 is 16.2 Å². The number of hydrogen-bond acceptors (Lipinski definition) is 3. The summed E-state index contributed by atoms with van der Waals surface area (Å²) in [5.41, 5.74) is 5.84. The fraction of sp³-hybridized carbons (Fsp3) is 1.00. The Morgan fingerprint density at radius 2 is 2.36 bits per heavy atom. The van der Waals surface area contributed by atoms with Crippen LogP contribution in [-0.4, -0.2) is 30.3 Å². The number of piperidine rings is 1. The summed E-state index contributed by atoms with van der Waals surface area (Å²) in [6.45, 7) is 1.29. The fourth-order valence-corrected chi connectivity index (χ4v) is 1.59. The summed E-state index contributed by atoms with van der Waals surface area (Å²) in [6, 6.07) is 0.580. The summed E-state index contributed by atoms with van der Waals surface area (Å²) < 4.78 is 0. The first kappa shape index (κ1) is 8.97. The Morgan fingerprint density at radius 3 is 2.91 bits per heavy atom. The Balaban J connectivity index is 2.21. The van der Waals surface area contributed by atoms with Crippen molar-refractivity contribution in [1.29, 1.82) is 0 Å². The van der Waals surface area contributed by atoms with Gasteiger partial charge >= 0.3 is 0 Å². The van der Waals surface area contributed by atoms with E-state index in [-0.39, 0.29) is 12.6 Å². The molecule has 3 heteroatoms. The zero-order valence-corrected chi connectivity index (χ0v) is 6.92. The van der Waals surface area contributed by atoms with Crippen molar-refractivity contribution in [2.24, 2.45) is 5.73 Å². The highest BCUT2D eigenvalue weighted by atomic mass is 16.3. The largest absolute Gasteiger partial charge is 0.396 e. The van der Waals surface area contributed by atoms with E-state index in [0.717, 1.165) is 13.0 Å². The van der Waals surface area contributed by atoms with E-state index in [1.807, 2.05) is 0 Å². The van der Waals surface area contributed by atoms with Gasteiger partial charge in [0.05, 0.1) is 0 Å². The third-order valence-corrected chi connectivity index (χ3v) is 2.33. The van der Waals surface area contributed by atoms with Crippen LogP contribution in [0.2, 0.25) is 0 Å². The molecule has 0 aromatic rings. The van der Waals surface area contributed by atoms with Crippen molar-refractivity contribution >= 4 is 0 Å². The van der Waals surface area contributed by atoms with Gasteiger partial charge in [-0.1, -0.05) is 6.42 Å². The average molecular weight is 158 g/mol. The number of nitrogens with two attached hydrogens (primary N) is 1. The number of aliphatic hydroxyl groups is 1. The maximum absolute atomic E-state index is 8.66. The highest BCUT2D eigenvalue weighted by Crippen LogP contribution is 2.10. The molecule has 3 nitrogen and oxygen atoms in total. The van der Waals surface area contributed by atoms with E-state index in [9.17, 15) is 0 Å². The smallest absolute Gasteiger partial charge is 0.0446 e. The van der Waals surface area contributed by atoms with E-state index >= 15 is 0 Å². The van der Waals surface area contributed by atoms with E-state index in [1.54, 1.807) is 0 Å². The van der Waals surface area contributed by atoms with E-state index in [2.05, 4.69) is 5.32 Å². The molecule has 1 aliphatic rings. The van der Waals surface area contributed by atoms with Crippen molar-refractivity contribution < 1.29 is 5.11 Å². The minimum absolute atomic E-state index is 0.139. The zero-order valence-electron chi connectivity index (χ0n) is 6.92. The van der Waals surface area contributed by atoms with Crippen LogP contribution in [0, 0.1) is 0 Å². The summed E-state index contributed by atoms with van der Waals surface area (Å²) >= 11 is 0. The Labute approximate surface area is 68.0 Å². The van der Waals surface area contributed by atoms with Crippen LogP contribution in [0.15, 0.2) is 0 Å². The van der Waals surface area contributed by atoms with Gasteiger partial charge in [-0.2, -0.15) is 0 Å². The van der Waals surface area contributed by atoms with Gasteiger partial charge in [0, 0.05) is 18.7 Å². The Morgan fingerprint density at radius 1 is 1.55 bits per heavy atom. The molecule has 0 saturated carbocycles. The van der Waals surface area contributed by atoms with Crippen LogP contribution in [0.4, 0.5) is 0 Å². The standard InChI is InChI=1S/C8H18N2O/c9-7(4-6-11)8-3-1-2-5-10-8/h7-8,10-11H,1-6,9H2/t7-,8-/m1/s1. The van der Waals surface area contributed by atoms with Gasteiger partial charge in [-0.05, 0) is 25.8 Å². The molecule has 1 fully saturated rings. The van der Waals surface area contributed by atoms with Crippen LogP contribution in [-0.2, 0) is 0 Å². The lowest BCUT2D eigenvalue weighted by Crippen LogP contribution is -2.47. The van der Waals surface area contributed by atoms with Gasteiger partial charge in [-0.25, -0.2) is 0 Å². The molecule has 0 aliphatic carbocycles. The molecule has 0 amide bonds. The molecule has 1 heterocycles. The minimum Gasteiger partial charge on any atom is -0.396 e. The number of hydrogen-bond donors (Lipinski definition) is 3. The Bertz CT molecular complexity index is 102. The Kier molecular flexibility index (Phi) is 3.83. The molecule has 0 spiro atoms. The van der Waals surface area contributed by atoms with Gasteiger partial charge in [0.15, 0.2) is 0 Å². The third-order valence-electron chi connectivity index (χ3n) is 2.33. The van der Waals surface area contributed by atoms with Crippen molar-refractivity contribution in [2.45, 2.75) is 37.8 Å². The number of aliphatic hydroxyl groups excluding tert-OH is 1. The first-order valence-electron chi connectivity index (χ1n) is 4.44. The molecule has 1 aliphatic heterocycles. The normalized spacial score (nSPS) is 28.4. The highest BCUT2D eigenvalue weighted by molar-refractivity contribution is 4.81. The van der Waals surface area contributed by atoms with E-state index in [4.69, 9.17) is 10.8 Å². The van der Waals surface area contributed by atoms with Crippen molar-refractivity contribution in [3.63, 3.8) is 0 Å². The molecule has 0 aromatic heterocycles. The van der Waals surface area contributed by atoms with Gasteiger partial charge in [-0.3, -0.25) is 0 Å². The van der Waals surface area contributed by atoms with Gasteiger partial charge in [0.1, 0.15) is 0 Å². The molecule has 1 saturated heterocycles. The molecule has 0 aromatic carbocycles. The molecule has 66 valence electrons. The van der Waals surface area contributed by atoms with Crippen molar-refractivity contribution in [3.05, 3.63) is 0 Å². The lowest BCUT2D eigenvalue weighted by atomic mass is 9.97. The summed E-state index contributed by atoms with van der Waals surface area (Å²) in [5, 5.41) is 12.0. The molecule has 1 rings (SSSR count). The molecule has 2 atom stereocenters. The van der Waals surface area contributed by atoms with Crippen molar-refractivity contribution in [2.75, 3.05) is 13.2 Å². The molecule has 0 bridgehead atoms. The van der Waals surface area contributed by atoms with Crippen LogP contribution in [0.1, 0.15) is 25.7 Å². The molecule has 4 N–H and O–H groups in total. The predicted octanol–water partition coefficient (Wildman–Crippen LogP) is -0.162. The quantitative estimate of drug-likeness (QED) is 0.535. The molecule has 0 radical (unpaired) electrons. The zero-order chi connectivity index (χ0) is 8.10. The second-order valence-corrected chi connectivity index (χ2v) is 3.23. The fourth-order valence-electron chi connectivity index (χ4n) is 1.59. The molecule has 0 unspecified atom stereocenters. The summed E-state index contributed by atoms with van der Waals surface area (Å²) in [7, 11) is 0. The predicted molar refractivity (Wildman–Crippen MR) is 45.3 cm³/mol. The molecule has 11 heavy (non-hydrogen) atoms. The van der Waals surface area contributed by atoms with E-state index < -0.39 is 0 Å². The molecular formula is C8H18N2O. The second kappa shape index (κ2) is 4.70. The second-order valence-electron chi connectivity index (χ2n) is 3.23. The lowest BCUT2D eigenvalue weighted by molar-refractivity contribution is 0.248. The SMILES string of the molecule is N[C@H](CCO)[C@H]1CCCCN1. The van der Waals surface area contributed by atoms with Crippen molar-refractivity contribution in [1.82, 2.24) is 5.32 Å². The maximum atomic E-state index is 8.66. The minimum atomic E-state index is 0.139. The first-order valence-corrected chi connectivity index (χ1v) is 4.44. The summed E-state index contributed by atoms with van der Waals surface area (Å²) in [6.07, 6.45) is 4.43. The molecular weight excluding hydrogens is 140 g/mol. The van der Waals surface area contributed by atoms with Crippen LogP contribution >= 0.6 is 0 Å². The lowest BCUT2D eigenvalue weighted by Gasteiger charge is -2.28. The third kappa shape index (κ3) is 2.77. The number of nitrogens with one attached hydrogen (secondary N) is 1. The Hall–Kier alpha value is -0.120. The van der Waals surface area contributed by atoms with Gasteiger partial charge in [0.2, 0.25) is 0 Å². The average Bonchev–Trinajstić information content (AvgIpc) is 2.07.